The van der Waals surface area contributed by atoms with Crippen molar-refractivity contribution in [2.75, 3.05) is 0 Å². The molecule has 0 heterocycles. The smallest absolute Gasteiger partial charge is 0.123 e. The van der Waals surface area contributed by atoms with Gasteiger partial charge in [0, 0.05) is 12.0 Å². The molecule has 0 aliphatic heterocycles. The SMILES string of the molecule is N=PN(P=N)C1CCC(C=O)CC1. The van der Waals surface area contributed by atoms with Crippen LogP contribution in [0, 0.1) is 16.2 Å². The minimum absolute atomic E-state index is 0.225. The third-order valence-electron chi connectivity index (χ3n) is 2.47. The van der Waals surface area contributed by atoms with Gasteiger partial charge in [-0.1, -0.05) is 0 Å². The van der Waals surface area contributed by atoms with E-state index in [1.165, 1.54) is 0 Å². The van der Waals surface area contributed by atoms with Gasteiger partial charge in [0.15, 0.2) is 0 Å². The average molecular weight is 217 g/mol. The van der Waals surface area contributed by atoms with Crippen LogP contribution in [0.25, 0.3) is 0 Å². The monoisotopic (exact) mass is 217 g/mol. The second kappa shape index (κ2) is 5.54. The van der Waals surface area contributed by atoms with E-state index in [-0.39, 0.29) is 5.92 Å². The lowest BCUT2D eigenvalue weighted by molar-refractivity contribution is -0.112. The van der Waals surface area contributed by atoms with E-state index in [1.54, 1.807) is 4.44 Å². The number of aldehydes is 1. The highest BCUT2D eigenvalue weighted by Gasteiger charge is 2.24. The van der Waals surface area contributed by atoms with Crippen LogP contribution < -0.4 is 0 Å². The highest BCUT2D eigenvalue weighted by molar-refractivity contribution is 7.39. The largest absolute Gasteiger partial charge is 0.303 e. The molecule has 0 aromatic carbocycles. The van der Waals surface area contributed by atoms with Gasteiger partial charge in [-0.3, -0.25) is 10.3 Å². The van der Waals surface area contributed by atoms with E-state index < -0.39 is 0 Å². The molecule has 13 heavy (non-hydrogen) atoms. The van der Waals surface area contributed by atoms with Gasteiger partial charge < -0.3 is 4.79 Å². The van der Waals surface area contributed by atoms with Gasteiger partial charge in [-0.2, -0.15) is 4.44 Å². The predicted molar refractivity (Wildman–Crippen MR) is 52.9 cm³/mol. The first-order valence-corrected chi connectivity index (χ1v) is 6.00. The number of carbonyl (C=O) groups is 1. The standard InChI is InChI=1S/C7H13N3OP2/c8-12-10(13-9)7-3-1-6(5-11)2-4-7/h5-9H,1-4H2. The minimum atomic E-state index is 0.225. The zero-order chi connectivity index (χ0) is 9.68. The lowest BCUT2D eigenvalue weighted by Crippen LogP contribution is -2.26. The van der Waals surface area contributed by atoms with Gasteiger partial charge in [-0.05, 0) is 25.7 Å². The van der Waals surface area contributed by atoms with Crippen molar-refractivity contribution in [1.29, 1.82) is 10.3 Å². The van der Waals surface area contributed by atoms with Crippen molar-refractivity contribution in [3.8, 4) is 0 Å². The fourth-order valence-electron chi connectivity index (χ4n) is 1.65. The molecule has 1 fully saturated rings. The van der Waals surface area contributed by atoms with Crippen molar-refractivity contribution in [3.05, 3.63) is 0 Å². The normalized spacial score (nSPS) is 29.6. The van der Waals surface area contributed by atoms with Gasteiger partial charge >= 0.3 is 0 Å². The summed E-state index contributed by atoms with van der Waals surface area (Å²) in [5.41, 5.74) is 0. The first kappa shape index (κ1) is 10.9. The van der Waals surface area contributed by atoms with Crippen LogP contribution in [-0.2, 0) is 4.79 Å². The third kappa shape index (κ3) is 2.91. The van der Waals surface area contributed by atoms with Crippen LogP contribution >= 0.6 is 17.0 Å². The minimum Gasteiger partial charge on any atom is -0.303 e. The second-order valence-corrected chi connectivity index (χ2v) is 4.80. The fraction of sp³-hybridized carbons (Fsp3) is 0.857. The van der Waals surface area contributed by atoms with E-state index >= 15 is 0 Å². The third-order valence-corrected chi connectivity index (χ3v) is 4.07. The molecular weight excluding hydrogens is 204 g/mol. The van der Waals surface area contributed by atoms with Gasteiger partial charge in [0.2, 0.25) is 0 Å². The Bertz CT molecular complexity index is 196. The molecule has 0 spiro atoms. The summed E-state index contributed by atoms with van der Waals surface area (Å²) in [6.45, 7) is 0. The maximum atomic E-state index is 10.5. The Labute approximate surface area is 81.2 Å². The van der Waals surface area contributed by atoms with Gasteiger partial charge in [-0.25, -0.2) is 0 Å². The Hall–Kier alpha value is -0.170. The Balaban J connectivity index is 2.43. The average Bonchev–Trinajstić information content (AvgIpc) is 2.21. The molecule has 0 saturated heterocycles. The molecule has 0 radical (unpaired) electrons. The van der Waals surface area contributed by atoms with Crippen molar-refractivity contribution in [2.45, 2.75) is 31.7 Å². The predicted octanol–water partition coefficient (Wildman–Crippen LogP) is 3.29. The van der Waals surface area contributed by atoms with Gasteiger partial charge in [0.25, 0.3) is 0 Å². The molecule has 4 nitrogen and oxygen atoms in total. The summed E-state index contributed by atoms with van der Waals surface area (Å²) in [7, 11) is 0.848. The fourth-order valence-corrected chi connectivity index (χ4v) is 2.62. The first-order chi connectivity index (χ1) is 6.31. The van der Waals surface area contributed by atoms with Crippen LogP contribution in [0.1, 0.15) is 25.7 Å². The van der Waals surface area contributed by atoms with Crippen LogP contribution in [0.5, 0.6) is 0 Å². The Morgan fingerprint density at radius 1 is 1.15 bits per heavy atom. The number of carbonyl (C=O) groups excluding carboxylic acids is 1. The topological polar surface area (TPSA) is 68.0 Å². The zero-order valence-electron chi connectivity index (χ0n) is 7.31. The van der Waals surface area contributed by atoms with Crippen molar-refractivity contribution < 1.29 is 4.79 Å². The van der Waals surface area contributed by atoms with E-state index in [2.05, 4.69) is 0 Å². The number of hydrogen-bond donors (Lipinski definition) is 2. The molecule has 1 aliphatic rings. The van der Waals surface area contributed by atoms with Crippen LogP contribution in [0.3, 0.4) is 0 Å². The highest BCUT2D eigenvalue weighted by atomic mass is 31.1. The lowest BCUT2D eigenvalue weighted by atomic mass is 9.87. The molecule has 0 bridgehead atoms. The van der Waals surface area contributed by atoms with Gasteiger partial charge in [0.1, 0.15) is 23.3 Å². The molecule has 0 aromatic heterocycles. The van der Waals surface area contributed by atoms with E-state index in [0.29, 0.717) is 23.1 Å². The summed E-state index contributed by atoms with van der Waals surface area (Å²) < 4.78 is 1.79. The molecule has 0 amide bonds. The summed E-state index contributed by atoms with van der Waals surface area (Å²) in [6.07, 6.45) is 4.81. The molecule has 2 N–H and O–H groups in total. The van der Waals surface area contributed by atoms with Crippen molar-refractivity contribution >= 4 is 23.3 Å². The van der Waals surface area contributed by atoms with E-state index in [4.69, 9.17) is 10.3 Å². The molecule has 1 rings (SSSR count). The molecule has 72 valence electrons. The number of nitrogens with zero attached hydrogens (tertiary/aromatic N) is 1. The Kier molecular flexibility index (Phi) is 4.65. The van der Waals surface area contributed by atoms with Crippen LogP contribution in [-0.4, -0.2) is 16.8 Å². The van der Waals surface area contributed by atoms with Gasteiger partial charge in [0.05, 0.1) is 0 Å². The van der Waals surface area contributed by atoms with E-state index in [0.717, 1.165) is 32.0 Å². The summed E-state index contributed by atoms with van der Waals surface area (Å²) in [5.74, 6) is 0.225. The molecule has 6 heteroatoms. The Morgan fingerprint density at radius 3 is 2.08 bits per heavy atom. The molecule has 0 unspecified atom stereocenters. The Morgan fingerprint density at radius 2 is 1.69 bits per heavy atom. The summed E-state index contributed by atoms with van der Waals surface area (Å²) >= 11 is 0. The number of hydrogen-bond acceptors (Lipinski definition) is 3. The molecule has 1 saturated carbocycles. The summed E-state index contributed by atoms with van der Waals surface area (Å²) in [5, 5.41) is 14.4. The molecule has 0 atom stereocenters. The highest BCUT2D eigenvalue weighted by Crippen LogP contribution is 2.33. The van der Waals surface area contributed by atoms with Crippen molar-refractivity contribution in [2.24, 2.45) is 5.92 Å². The molecule has 1 aliphatic carbocycles. The van der Waals surface area contributed by atoms with Crippen LogP contribution in [0.15, 0.2) is 0 Å². The van der Waals surface area contributed by atoms with E-state index in [9.17, 15) is 4.79 Å². The number of nitrogens with one attached hydrogen (secondary N) is 2. The maximum absolute atomic E-state index is 10.5. The van der Waals surface area contributed by atoms with Gasteiger partial charge in [-0.15, -0.1) is 0 Å². The quantitative estimate of drug-likeness (QED) is 0.560. The van der Waals surface area contributed by atoms with Crippen LogP contribution in [0.4, 0.5) is 0 Å². The summed E-state index contributed by atoms with van der Waals surface area (Å²) in [6, 6.07) is 0.342. The zero-order valence-corrected chi connectivity index (χ0v) is 9.10. The van der Waals surface area contributed by atoms with Crippen LogP contribution in [0.2, 0.25) is 0 Å². The second-order valence-electron chi connectivity index (χ2n) is 3.23. The first-order valence-electron chi connectivity index (χ1n) is 4.31. The molecule has 0 aromatic rings. The molecular formula is C7H13N3OP2. The van der Waals surface area contributed by atoms with E-state index in [1.807, 2.05) is 0 Å². The lowest BCUT2D eigenvalue weighted by Gasteiger charge is -2.28. The maximum Gasteiger partial charge on any atom is 0.123 e. The summed E-state index contributed by atoms with van der Waals surface area (Å²) in [4.78, 5) is 10.5. The number of rotatable bonds is 4. The van der Waals surface area contributed by atoms with Crippen molar-refractivity contribution in [1.82, 2.24) is 4.44 Å². The van der Waals surface area contributed by atoms with Crippen molar-refractivity contribution in [3.63, 3.8) is 0 Å².